The predicted octanol–water partition coefficient (Wildman–Crippen LogP) is 0.241. The Balaban J connectivity index is 2.62. The molecular formula is C6H7ClO4. The van der Waals surface area contributed by atoms with Gasteiger partial charge in [0.25, 0.3) is 0 Å². The molecule has 0 aromatic rings. The van der Waals surface area contributed by atoms with Gasteiger partial charge in [-0.3, -0.25) is 9.59 Å². The van der Waals surface area contributed by atoms with Crippen LogP contribution in [-0.2, 0) is 14.3 Å². The molecule has 1 aliphatic rings. The molecule has 1 fully saturated rings. The molecule has 0 saturated heterocycles. The van der Waals surface area contributed by atoms with Crippen molar-refractivity contribution >= 4 is 23.5 Å². The maximum atomic E-state index is 10.8. The lowest BCUT2D eigenvalue weighted by atomic mass is 10.3. The van der Waals surface area contributed by atoms with Crippen molar-refractivity contribution in [2.45, 2.75) is 11.3 Å². The number of halogens is 1. The minimum atomic E-state index is -1.29. The Morgan fingerprint density at radius 2 is 2.27 bits per heavy atom. The fourth-order valence-electron chi connectivity index (χ4n) is 0.916. The van der Waals surface area contributed by atoms with Gasteiger partial charge in [0.2, 0.25) is 0 Å². The van der Waals surface area contributed by atoms with Crippen LogP contribution in [0.25, 0.3) is 0 Å². The van der Waals surface area contributed by atoms with E-state index in [0.717, 1.165) is 0 Å². The molecule has 0 aromatic heterocycles. The van der Waals surface area contributed by atoms with Crippen molar-refractivity contribution in [2.75, 3.05) is 7.11 Å². The fourth-order valence-corrected chi connectivity index (χ4v) is 1.24. The van der Waals surface area contributed by atoms with Gasteiger partial charge in [-0.25, -0.2) is 0 Å². The summed E-state index contributed by atoms with van der Waals surface area (Å²) in [7, 11) is 1.18. The number of aliphatic carboxylic acids is 1. The lowest BCUT2D eigenvalue weighted by Crippen LogP contribution is -2.22. The zero-order valence-corrected chi connectivity index (χ0v) is 6.59. The summed E-state index contributed by atoms with van der Waals surface area (Å²) in [4.78, 5) is 19.8. The lowest BCUT2D eigenvalue weighted by Gasteiger charge is -2.02. The highest BCUT2D eigenvalue weighted by molar-refractivity contribution is 6.38. The van der Waals surface area contributed by atoms with Gasteiger partial charge in [-0.1, -0.05) is 0 Å². The van der Waals surface area contributed by atoms with Gasteiger partial charge in [-0.2, -0.15) is 0 Å². The third kappa shape index (κ3) is 1.18. The van der Waals surface area contributed by atoms with Crippen LogP contribution in [0, 0.1) is 5.92 Å². The number of carbonyl (C=O) groups excluding carboxylic acids is 1. The summed E-state index contributed by atoms with van der Waals surface area (Å²) < 4.78 is 4.32. The van der Waals surface area contributed by atoms with Crippen LogP contribution in [0.3, 0.4) is 0 Å². The molecule has 1 saturated carbocycles. The lowest BCUT2D eigenvalue weighted by molar-refractivity contribution is -0.145. The summed E-state index contributed by atoms with van der Waals surface area (Å²) in [5.41, 5.74) is 0. The van der Waals surface area contributed by atoms with Crippen molar-refractivity contribution in [1.82, 2.24) is 0 Å². The number of esters is 1. The Morgan fingerprint density at radius 3 is 2.55 bits per heavy atom. The van der Waals surface area contributed by atoms with Gasteiger partial charge < -0.3 is 9.84 Å². The van der Waals surface area contributed by atoms with E-state index in [4.69, 9.17) is 16.7 Å². The molecule has 4 nitrogen and oxygen atoms in total. The molecule has 2 atom stereocenters. The number of ether oxygens (including phenoxy) is 1. The average molecular weight is 179 g/mol. The topological polar surface area (TPSA) is 63.6 Å². The van der Waals surface area contributed by atoms with Gasteiger partial charge in [0.15, 0.2) is 4.87 Å². The summed E-state index contributed by atoms with van der Waals surface area (Å²) in [5, 5.41) is 8.44. The number of alkyl halides is 1. The number of hydrogen-bond acceptors (Lipinski definition) is 3. The van der Waals surface area contributed by atoms with Crippen LogP contribution in [0.4, 0.5) is 0 Å². The smallest absolute Gasteiger partial charge is 0.327 e. The van der Waals surface area contributed by atoms with E-state index in [1.807, 2.05) is 0 Å². The van der Waals surface area contributed by atoms with E-state index in [1.165, 1.54) is 7.11 Å². The number of hydrogen-bond donors (Lipinski definition) is 1. The van der Waals surface area contributed by atoms with E-state index in [2.05, 4.69) is 4.74 Å². The van der Waals surface area contributed by atoms with E-state index >= 15 is 0 Å². The van der Waals surface area contributed by atoms with Gasteiger partial charge in [0.05, 0.1) is 13.0 Å². The highest BCUT2D eigenvalue weighted by atomic mass is 35.5. The largest absolute Gasteiger partial charge is 0.481 e. The first kappa shape index (κ1) is 8.33. The fraction of sp³-hybridized carbons (Fsp3) is 0.667. The molecule has 5 heteroatoms. The molecule has 0 spiro atoms. The van der Waals surface area contributed by atoms with Gasteiger partial charge >= 0.3 is 11.9 Å². The van der Waals surface area contributed by atoms with Crippen molar-refractivity contribution in [3.63, 3.8) is 0 Å². The molecule has 0 aliphatic heterocycles. The van der Waals surface area contributed by atoms with E-state index in [1.54, 1.807) is 0 Å². The van der Waals surface area contributed by atoms with Crippen molar-refractivity contribution in [2.24, 2.45) is 5.92 Å². The molecule has 2 unspecified atom stereocenters. The summed E-state index contributed by atoms with van der Waals surface area (Å²) in [6.07, 6.45) is 0.163. The van der Waals surface area contributed by atoms with Crippen LogP contribution in [-0.4, -0.2) is 29.0 Å². The van der Waals surface area contributed by atoms with Gasteiger partial charge in [-0.05, 0) is 6.42 Å². The van der Waals surface area contributed by atoms with Crippen LogP contribution in [0.5, 0.6) is 0 Å². The van der Waals surface area contributed by atoms with Crippen molar-refractivity contribution < 1.29 is 19.4 Å². The second-order valence-electron chi connectivity index (χ2n) is 2.45. The second kappa shape index (κ2) is 2.37. The molecule has 62 valence electrons. The van der Waals surface area contributed by atoms with Crippen LogP contribution >= 0.6 is 11.6 Å². The third-order valence-corrected chi connectivity index (χ3v) is 2.29. The minimum absolute atomic E-state index is 0.163. The van der Waals surface area contributed by atoms with Crippen LogP contribution in [0.2, 0.25) is 0 Å². The Labute approximate surface area is 68.1 Å². The second-order valence-corrected chi connectivity index (χ2v) is 3.12. The average Bonchev–Trinajstić information content (AvgIpc) is 2.62. The monoisotopic (exact) mass is 178 g/mol. The van der Waals surface area contributed by atoms with Crippen molar-refractivity contribution in [3.8, 4) is 0 Å². The van der Waals surface area contributed by atoms with Gasteiger partial charge in [0.1, 0.15) is 0 Å². The Bertz CT molecular complexity index is 215. The summed E-state index contributed by atoms with van der Waals surface area (Å²) >= 11 is 5.60. The molecule has 1 N–H and O–H groups in total. The Hall–Kier alpha value is -0.770. The van der Waals surface area contributed by atoms with Crippen molar-refractivity contribution in [1.29, 1.82) is 0 Å². The molecular weight excluding hydrogens is 172 g/mol. The quantitative estimate of drug-likeness (QED) is 0.486. The zero-order chi connectivity index (χ0) is 8.65. The molecule has 1 aliphatic carbocycles. The summed E-state index contributed by atoms with van der Waals surface area (Å²) in [6.45, 7) is 0. The van der Waals surface area contributed by atoms with E-state index in [-0.39, 0.29) is 6.42 Å². The summed E-state index contributed by atoms with van der Waals surface area (Å²) in [6, 6.07) is 0. The van der Waals surface area contributed by atoms with Crippen molar-refractivity contribution in [3.05, 3.63) is 0 Å². The zero-order valence-electron chi connectivity index (χ0n) is 5.83. The standard InChI is InChI=1S/C6H7ClO4/c1-11-5(10)6(7)2-3(6)4(8)9/h3H,2H2,1H3,(H,8,9). The first-order valence-electron chi connectivity index (χ1n) is 3.02. The maximum absolute atomic E-state index is 10.8. The first-order valence-corrected chi connectivity index (χ1v) is 3.40. The van der Waals surface area contributed by atoms with Crippen LogP contribution in [0.1, 0.15) is 6.42 Å². The predicted molar refractivity (Wildman–Crippen MR) is 36.3 cm³/mol. The van der Waals surface area contributed by atoms with Gasteiger partial charge in [0, 0.05) is 0 Å². The highest BCUT2D eigenvalue weighted by Crippen LogP contribution is 2.50. The van der Waals surface area contributed by atoms with E-state index in [9.17, 15) is 9.59 Å². The minimum Gasteiger partial charge on any atom is -0.481 e. The number of methoxy groups -OCH3 is 1. The number of rotatable bonds is 2. The van der Waals surface area contributed by atoms with Gasteiger partial charge in [-0.15, -0.1) is 11.6 Å². The highest BCUT2D eigenvalue weighted by Gasteiger charge is 2.64. The summed E-state index contributed by atoms with van der Waals surface area (Å²) in [5.74, 6) is -2.49. The van der Waals surface area contributed by atoms with E-state index in [0.29, 0.717) is 0 Å². The third-order valence-electron chi connectivity index (χ3n) is 1.72. The van der Waals surface area contributed by atoms with Crippen LogP contribution in [0.15, 0.2) is 0 Å². The molecule has 11 heavy (non-hydrogen) atoms. The number of carboxylic acid groups (broad SMARTS) is 1. The molecule has 0 radical (unpaired) electrons. The Morgan fingerprint density at radius 1 is 1.73 bits per heavy atom. The number of carboxylic acids is 1. The molecule has 0 aromatic carbocycles. The number of carbonyl (C=O) groups is 2. The molecule has 1 rings (SSSR count). The maximum Gasteiger partial charge on any atom is 0.327 e. The Kier molecular flexibility index (Phi) is 1.80. The normalized spacial score (nSPS) is 34.5. The first-order chi connectivity index (χ1) is 5.02. The SMILES string of the molecule is COC(=O)C1(Cl)CC1C(=O)O. The molecule has 0 amide bonds. The van der Waals surface area contributed by atoms with E-state index < -0.39 is 22.7 Å². The molecule has 0 heterocycles. The molecule has 0 bridgehead atoms. The van der Waals surface area contributed by atoms with Crippen LogP contribution < -0.4 is 0 Å².